The van der Waals surface area contributed by atoms with Crippen LogP contribution in [0.5, 0.6) is 0 Å². The average Bonchev–Trinajstić information content (AvgIpc) is 2.94. The van der Waals surface area contributed by atoms with Gasteiger partial charge in [-0.15, -0.1) is 4.41 Å². The third-order valence-electron chi connectivity index (χ3n) is 7.60. The van der Waals surface area contributed by atoms with Gasteiger partial charge in [-0.3, -0.25) is 15.0 Å². The zero-order valence-corrected chi connectivity index (χ0v) is 25.0. The van der Waals surface area contributed by atoms with Crippen molar-refractivity contribution in [3.05, 3.63) is 42.0 Å². The van der Waals surface area contributed by atoms with Crippen molar-refractivity contribution in [1.29, 1.82) is 0 Å². The molecule has 1 saturated carbocycles. The lowest BCUT2D eigenvalue weighted by Crippen LogP contribution is -2.52. The first-order valence-electron chi connectivity index (χ1n) is 14.7. The Hall–Kier alpha value is -2.27. The summed E-state index contributed by atoms with van der Waals surface area (Å²) in [6.07, 6.45) is 12.8. The van der Waals surface area contributed by atoms with Gasteiger partial charge in [0.05, 0.1) is 18.1 Å². The van der Waals surface area contributed by atoms with Crippen LogP contribution < -0.4 is 10.9 Å². The number of nitrogens with zero attached hydrogens (tertiary/aromatic N) is 1. The predicted molar refractivity (Wildman–Crippen MR) is 156 cm³/mol. The first kappa shape index (κ1) is 32.2. The first-order valence-corrected chi connectivity index (χ1v) is 16.5. The molecule has 1 aliphatic heterocycles. The number of hydrogen-bond donors (Lipinski definition) is 2. The molecule has 2 aliphatic rings. The molecular formula is C30H47N3O6S. The number of hydroxylamine groups is 1. The van der Waals surface area contributed by atoms with Gasteiger partial charge in [0.15, 0.2) is 6.29 Å². The molecule has 0 radical (unpaired) electrons. The van der Waals surface area contributed by atoms with Crippen LogP contribution in [0.4, 0.5) is 0 Å². The summed E-state index contributed by atoms with van der Waals surface area (Å²) in [6.45, 7) is 4.78. The molecular weight excluding hydrogens is 530 g/mol. The van der Waals surface area contributed by atoms with Gasteiger partial charge in [-0.05, 0) is 55.9 Å². The van der Waals surface area contributed by atoms with Gasteiger partial charge in [0, 0.05) is 19.6 Å². The Morgan fingerprint density at radius 3 is 2.35 bits per heavy atom. The molecule has 1 heterocycles. The van der Waals surface area contributed by atoms with E-state index in [0.717, 1.165) is 61.2 Å². The van der Waals surface area contributed by atoms with Crippen LogP contribution in [0.15, 0.2) is 36.4 Å². The molecule has 3 atom stereocenters. The van der Waals surface area contributed by atoms with Crippen molar-refractivity contribution in [1.82, 2.24) is 15.3 Å². The van der Waals surface area contributed by atoms with Crippen LogP contribution >= 0.6 is 0 Å². The van der Waals surface area contributed by atoms with Gasteiger partial charge in [0.25, 0.3) is 0 Å². The van der Waals surface area contributed by atoms with E-state index in [1.54, 1.807) is 0 Å². The zero-order valence-electron chi connectivity index (χ0n) is 24.2. The standard InChI is InChI=1S/C30H47N3O6S/c1-23(2)21-27(29(34)31-33(40(3,36)37)22-25-15-8-5-9-16-25)26(18-12-17-24-13-6-4-7-14-24)30(35)32-39-28-19-10-11-20-38-28/h4,6-7,12-14,17,23,25-28H,5,8-11,15-16,18-22H2,1-3H3,(H,31,34)(H,32,35)/b17-12+/t26-,27+,28?/m0/s1. The molecule has 1 unspecified atom stereocenters. The Labute approximate surface area is 240 Å². The predicted octanol–water partition coefficient (Wildman–Crippen LogP) is 4.82. The van der Waals surface area contributed by atoms with Crippen LogP contribution in [0.3, 0.4) is 0 Å². The molecule has 0 aromatic heterocycles. The first-order chi connectivity index (χ1) is 19.1. The average molecular weight is 578 g/mol. The van der Waals surface area contributed by atoms with Gasteiger partial charge in [-0.1, -0.05) is 75.6 Å². The normalized spacial score (nSPS) is 20.5. The maximum absolute atomic E-state index is 13.8. The summed E-state index contributed by atoms with van der Waals surface area (Å²) in [5, 5.41) is 0. The summed E-state index contributed by atoms with van der Waals surface area (Å²) in [6, 6.07) is 9.72. The van der Waals surface area contributed by atoms with Gasteiger partial charge in [0.1, 0.15) is 0 Å². The fourth-order valence-corrected chi connectivity index (χ4v) is 6.15. The highest BCUT2D eigenvalue weighted by Gasteiger charge is 2.36. The zero-order chi connectivity index (χ0) is 29.0. The van der Waals surface area contributed by atoms with Crippen molar-refractivity contribution in [2.75, 3.05) is 19.4 Å². The molecule has 2 N–H and O–H groups in total. The highest BCUT2D eigenvalue weighted by atomic mass is 32.2. The number of amides is 2. The van der Waals surface area contributed by atoms with Crippen molar-refractivity contribution < 1.29 is 27.6 Å². The Morgan fingerprint density at radius 2 is 1.73 bits per heavy atom. The lowest BCUT2D eigenvalue weighted by Gasteiger charge is -2.32. The number of rotatable bonds is 14. The van der Waals surface area contributed by atoms with E-state index >= 15 is 0 Å². The smallest absolute Gasteiger partial charge is 0.247 e. The van der Waals surface area contributed by atoms with Gasteiger partial charge in [0.2, 0.25) is 21.8 Å². The molecule has 10 heteroatoms. The molecule has 3 rings (SSSR count). The lowest BCUT2D eigenvalue weighted by molar-refractivity contribution is -0.203. The number of hydrazine groups is 1. The minimum Gasteiger partial charge on any atom is -0.350 e. The van der Waals surface area contributed by atoms with Crippen LogP contribution in [-0.2, 0) is 29.2 Å². The monoisotopic (exact) mass is 577 g/mol. The molecule has 0 bridgehead atoms. The molecule has 1 saturated heterocycles. The molecule has 0 spiro atoms. The fourth-order valence-electron chi connectivity index (χ4n) is 5.41. The second kappa shape index (κ2) is 16.2. The minimum absolute atomic E-state index is 0.0942. The second-order valence-corrected chi connectivity index (χ2v) is 13.5. The summed E-state index contributed by atoms with van der Waals surface area (Å²) < 4.78 is 32.0. The third kappa shape index (κ3) is 11.0. The fraction of sp³-hybridized carbons (Fsp3) is 0.667. The molecule has 9 nitrogen and oxygen atoms in total. The van der Waals surface area contributed by atoms with Crippen LogP contribution in [-0.4, -0.2) is 50.3 Å². The molecule has 224 valence electrons. The number of nitrogens with one attached hydrogen (secondary N) is 2. The summed E-state index contributed by atoms with van der Waals surface area (Å²) >= 11 is 0. The molecule has 1 aromatic rings. The molecule has 2 amide bonds. The van der Waals surface area contributed by atoms with Gasteiger partial charge in [-0.25, -0.2) is 18.7 Å². The quantitative estimate of drug-likeness (QED) is 0.307. The number of carbonyl (C=O) groups excluding carboxylic acids is 2. The Morgan fingerprint density at radius 1 is 1.02 bits per heavy atom. The molecule has 1 aromatic carbocycles. The summed E-state index contributed by atoms with van der Waals surface area (Å²) in [4.78, 5) is 32.9. The van der Waals surface area contributed by atoms with Crippen molar-refractivity contribution in [3.8, 4) is 0 Å². The Kier molecular flexibility index (Phi) is 13.1. The van der Waals surface area contributed by atoms with Gasteiger partial charge < -0.3 is 4.74 Å². The van der Waals surface area contributed by atoms with Crippen LogP contribution in [0, 0.1) is 23.7 Å². The molecule has 40 heavy (non-hydrogen) atoms. The number of hydrogen-bond acceptors (Lipinski definition) is 6. The number of carbonyl (C=O) groups is 2. The number of benzene rings is 1. The van der Waals surface area contributed by atoms with Crippen molar-refractivity contribution in [2.45, 2.75) is 84.3 Å². The van der Waals surface area contributed by atoms with Crippen molar-refractivity contribution in [3.63, 3.8) is 0 Å². The maximum Gasteiger partial charge on any atom is 0.247 e. The highest BCUT2D eigenvalue weighted by molar-refractivity contribution is 7.88. The summed E-state index contributed by atoms with van der Waals surface area (Å²) in [5.74, 6) is -2.15. The van der Waals surface area contributed by atoms with E-state index in [4.69, 9.17) is 9.57 Å². The summed E-state index contributed by atoms with van der Waals surface area (Å²) in [7, 11) is -3.70. The second-order valence-electron chi connectivity index (χ2n) is 11.5. The van der Waals surface area contributed by atoms with E-state index in [-0.39, 0.29) is 24.8 Å². The van der Waals surface area contributed by atoms with E-state index in [1.807, 2.05) is 56.3 Å². The van der Waals surface area contributed by atoms with Crippen LogP contribution in [0.2, 0.25) is 0 Å². The van der Waals surface area contributed by atoms with Crippen molar-refractivity contribution in [2.24, 2.45) is 23.7 Å². The van der Waals surface area contributed by atoms with Crippen LogP contribution in [0.25, 0.3) is 6.08 Å². The van der Waals surface area contributed by atoms with E-state index in [2.05, 4.69) is 10.9 Å². The third-order valence-corrected chi connectivity index (χ3v) is 8.64. The largest absolute Gasteiger partial charge is 0.350 e. The minimum atomic E-state index is -3.70. The SMILES string of the molecule is CC(C)C[C@@H](C(=O)NN(CC1CCCCC1)S(C)(=O)=O)[C@H](C/C=C/c1ccccc1)C(=O)NOC1CCCCO1. The Bertz CT molecular complexity index is 1050. The van der Waals surface area contributed by atoms with Crippen molar-refractivity contribution >= 4 is 27.9 Å². The van der Waals surface area contributed by atoms with Gasteiger partial charge >= 0.3 is 0 Å². The lowest BCUT2D eigenvalue weighted by atomic mass is 9.82. The van der Waals surface area contributed by atoms with E-state index in [0.29, 0.717) is 19.4 Å². The Balaban J connectivity index is 1.80. The molecule has 2 fully saturated rings. The van der Waals surface area contributed by atoms with Crippen LogP contribution in [0.1, 0.15) is 83.6 Å². The van der Waals surface area contributed by atoms with Gasteiger partial charge in [-0.2, -0.15) is 0 Å². The van der Waals surface area contributed by atoms with E-state index < -0.39 is 40.0 Å². The topological polar surface area (TPSA) is 114 Å². The summed E-state index contributed by atoms with van der Waals surface area (Å²) in [5.41, 5.74) is 6.23. The number of sulfonamides is 1. The molecule has 1 aliphatic carbocycles. The highest BCUT2D eigenvalue weighted by Crippen LogP contribution is 2.28. The maximum atomic E-state index is 13.8. The number of allylic oxidation sites excluding steroid dienone is 1. The van der Waals surface area contributed by atoms with E-state index in [1.165, 1.54) is 0 Å². The number of ether oxygens (including phenoxy) is 1. The van der Waals surface area contributed by atoms with E-state index in [9.17, 15) is 18.0 Å².